The summed E-state index contributed by atoms with van der Waals surface area (Å²) in [6, 6.07) is 0. The number of rotatable bonds is 1. The molecule has 0 atom stereocenters. The summed E-state index contributed by atoms with van der Waals surface area (Å²) >= 11 is 0. The van der Waals surface area contributed by atoms with Gasteiger partial charge in [-0.1, -0.05) is 0 Å². The smallest absolute Gasteiger partial charge is 0.0967 e. The van der Waals surface area contributed by atoms with Crippen LogP contribution in [-0.4, -0.2) is 17.9 Å². The van der Waals surface area contributed by atoms with Gasteiger partial charge in [-0.2, -0.15) is 0 Å². The maximum Gasteiger partial charge on any atom is 0.0967 e. The number of nitrogens with zero attached hydrogens (tertiary/aromatic N) is 1. The Morgan fingerprint density at radius 1 is 0.941 bits per heavy atom. The highest BCUT2D eigenvalue weighted by molar-refractivity contribution is 5.83. The zero-order valence-electron chi connectivity index (χ0n) is 10.8. The molecule has 2 heteroatoms. The molecule has 17 heavy (non-hydrogen) atoms. The van der Waals surface area contributed by atoms with E-state index in [-0.39, 0.29) is 0 Å². The van der Waals surface area contributed by atoms with Gasteiger partial charge in [-0.05, 0) is 69.1 Å². The third-order valence-corrected chi connectivity index (χ3v) is 5.57. The molecule has 0 radical (unpaired) electrons. The van der Waals surface area contributed by atoms with Crippen molar-refractivity contribution >= 4 is 5.84 Å². The molecule has 1 heterocycles. The van der Waals surface area contributed by atoms with Crippen molar-refractivity contribution in [1.82, 2.24) is 5.32 Å². The largest absolute Gasteiger partial charge is 0.368 e. The second-order valence-electron chi connectivity index (χ2n) is 7.11. The lowest BCUT2D eigenvalue weighted by Crippen LogP contribution is -2.60. The Kier molecular flexibility index (Phi) is 2.28. The fourth-order valence-corrected chi connectivity index (χ4v) is 5.37. The summed E-state index contributed by atoms with van der Waals surface area (Å²) < 4.78 is 0. The van der Waals surface area contributed by atoms with E-state index in [2.05, 4.69) is 5.32 Å². The van der Waals surface area contributed by atoms with Crippen LogP contribution in [0.15, 0.2) is 4.99 Å². The molecule has 94 valence electrons. The van der Waals surface area contributed by atoms with Gasteiger partial charge in [0.05, 0.1) is 5.84 Å². The van der Waals surface area contributed by atoms with Crippen molar-refractivity contribution in [2.45, 2.75) is 63.3 Å². The van der Waals surface area contributed by atoms with Crippen LogP contribution in [0.4, 0.5) is 0 Å². The van der Waals surface area contributed by atoms with Crippen molar-refractivity contribution < 1.29 is 0 Å². The monoisotopic (exact) mass is 232 g/mol. The fraction of sp³-hybridized carbons (Fsp3) is 0.933. The number of hydrogen-bond acceptors (Lipinski definition) is 2. The number of hydrogen-bond donors (Lipinski definition) is 1. The summed E-state index contributed by atoms with van der Waals surface area (Å²) in [6.07, 6.45) is 12.8. The highest BCUT2D eigenvalue weighted by atomic mass is 15.1. The van der Waals surface area contributed by atoms with Crippen molar-refractivity contribution in [3.05, 3.63) is 0 Å². The van der Waals surface area contributed by atoms with Gasteiger partial charge in [0, 0.05) is 18.5 Å². The Balaban J connectivity index is 1.54. The molecule has 0 aromatic rings. The van der Waals surface area contributed by atoms with Gasteiger partial charge in [-0.25, -0.2) is 0 Å². The predicted octanol–water partition coefficient (Wildman–Crippen LogP) is 3.13. The zero-order valence-corrected chi connectivity index (χ0v) is 10.8. The quantitative estimate of drug-likeness (QED) is 0.738. The highest BCUT2D eigenvalue weighted by Crippen LogP contribution is 2.55. The molecule has 0 saturated heterocycles. The number of aliphatic imine (C=N–C) groups is 1. The first-order chi connectivity index (χ1) is 8.31. The van der Waals surface area contributed by atoms with E-state index in [0.29, 0.717) is 5.54 Å². The molecule has 1 aliphatic heterocycles. The lowest BCUT2D eigenvalue weighted by atomic mass is 9.53. The Bertz CT molecular complexity index is 310. The summed E-state index contributed by atoms with van der Waals surface area (Å²) in [4.78, 5) is 4.71. The van der Waals surface area contributed by atoms with E-state index < -0.39 is 0 Å². The topological polar surface area (TPSA) is 24.4 Å². The van der Waals surface area contributed by atoms with Gasteiger partial charge in [-0.3, -0.25) is 4.99 Å². The minimum atomic E-state index is 0.477. The van der Waals surface area contributed by atoms with Crippen LogP contribution in [0.3, 0.4) is 0 Å². The van der Waals surface area contributed by atoms with E-state index in [1.54, 1.807) is 0 Å². The van der Waals surface area contributed by atoms with Crippen LogP contribution in [0.1, 0.15) is 57.8 Å². The van der Waals surface area contributed by atoms with Crippen LogP contribution in [0.5, 0.6) is 0 Å². The van der Waals surface area contributed by atoms with Crippen LogP contribution in [0.25, 0.3) is 0 Å². The molecule has 4 aliphatic carbocycles. The average Bonchev–Trinajstić information content (AvgIpc) is 2.27. The third kappa shape index (κ3) is 1.80. The summed E-state index contributed by atoms with van der Waals surface area (Å²) in [5.74, 6) is 4.46. The second-order valence-corrected chi connectivity index (χ2v) is 7.11. The Hall–Kier alpha value is -0.530. The highest BCUT2D eigenvalue weighted by Gasteiger charge is 2.51. The van der Waals surface area contributed by atoms with E-state index in [9.17, 15) is 0 Å². The first-order valence-electron chi connectivity index (χ1n) is 7.63. The SMILES string of the molecule is C1CCC(NC23CC4CC(CC(C4)C2)C3)=NC1. The molecule has 5 aliphatic rings. The molecule has 0 amide bonds. The van der Waals surface area contributed by atoms with E-state index in [4.69, 9.17) is 4.99 Å². The molecular weight excluding hydrogens is 208 g/mol. The van der Waals surface area contributed by atoms with E-state index in [1.807, 2.05) is 0 Å². The van der Waals surface area contributed by atoms with Gasteiger partial charge in [0.25, 0.3) is 0 Å². The maximum absolute atomic E-state index is 4.71. The van der Waals surface area contributed by atoms with Crippen LogP contribution < -0.4 is 5.32 Å². The molecule has 0 aromatic heterocycles. The Morgan fingerprint density at radius 2 is 1.59 bits per heavy atom. The minimum Gasteiger partial charge on any atom is -0.368 e. The molecule has 4 saturated carbocycles. The Labute approximate surface area is 104 Å². The molecule has 4 bridgehead atoms. The molecule has 4 fully saturated rings. The molecule has 5 rings (SSSR count). The van der Waals surface area contributed by atoms with Gasteiger partial charge >= 0.3 is 0 Å². The van der Waals surface area contributed by atoms with Crippen LogP contribution in [0.2, 0.25) is 0 Å². The van der Waals surface area contributed by atoms with E-state index in [1.165, 1.54) is 63.6 Å². The van der Waals surface area contributed by atoms with Gasteiger partial charge in [0.15, 0.2) is 0 Å². The van der Waals surface area contributed by atoms with Crippen molar-refractivity contribution in [3.63, 3.8) is 0 Å². The molecule has 0 unspecified atom stereocenters. The summed E-state index contributed by atoms with van der Waals surface area (Å²) in [6.45, 7) is 1.06. The lowest BCUT2D eigenvalue weighted by Gasteiger charge is -2.57. The molecular formula is C15H24N2. The number of nitrogens with one attached hydrogen (secondary N) is 1. The molecule has 0 spiro atoms. The zero-order chi connectivity index (χ0) is 11.3. The molecule has 1 N–H and O–H groups in total. The third-order valence-electron chi connectivity index (χ3n) is 5.57. The van der Waals surface area contributed by atoms with Crippen molar-refractivity contribution in [1.29, 1.82) is 0 Å². The normalized spacial score (nSPS) is 48.0. The standard InChI is InChI=1S/C15H24N2/c1-2-4-16-14(3-1)17-15-8-11-5-12(9-15)7-13(6-11)10-15/h11-13H,1-10H2,(H,16,17). The van der Waals surface area contributed by atoms with Gasteiger partial charge in [0.2, 0.25) is 0 Å². The van der Waals surface area contributed by atoms with E-state index in [0.717, 1.165) is 24.3 Å². The average molecular weight is 232 g/mol. The summed E-state index contributed by atoms with van der Waals surface area (Å²) in [5, 5.41) is 3.91. The molecule has 0 aromatic carbocycles. The lowest BCUT2D eigenvalue weighted by molar-refractivity contribution is -0.0104. The van der Waals surface area contributed by atoms with Crippen molar-refractivity contribution in [2.24, 2.45) is 22.7 Å². The summed E-state index contributed by atoms with van der Waals surface area (Å²) in [7, 11) is 0. The first kappa shape index (κ1) is 10.4. The van der Waals surface area contributed by atoms with Gasteiger partial charge in [-0.15, -0.1) is 0 Å². The van der Waals surface area contributed by atoms with Gasteiger partial charge in [0.1, 0.15) is 0 Å². The van der Waals surface area contributed by atoms with Gasteiger partial charge < -0.3 is 5.32 Å². The minimum absolute atomic E-state index is 0.477. The molecule has 2 nitrogen and oxygen atoms in total. The van der Waals surface area contributed by atoms with Crippen molar-refractivity contribution in [3.8, 4) is 0 Å². The first-order valence-corrected chi connectivity index (χ1v) is 7.63. The van der Waals surface area contributed by atoms with Crippen LogP contribution >= 0.6 is 0 Å². The Morgan fingerprint density at radius 3 is 2.12 bits per heavy atom. The number of amidine groups is 1. The van der Waals surface area contributed by atoms with Crippen LogP contribution in [-0.2, 0) is 0 Å². The fourth-order valence-electron chi connectivity index (χ4n) is 5.37. The van der Waals surface area contributed by atoms with Crippen molar-refractivity contribution in [2.75, 3.05) is 6.54 Å². The second kappa shape index (κ2) is 3.73. The maximum atomic E-state index is 4.71. The van der Waals surface area contributed by atoms with E-state index >= 15 is 0 Å². The van der Waals surface area contributed by atoms with Crippen LogP contribution in [0, 0.1) is 17.8 Å². The summed E-state index contributed by atoms with van der Waals surface area (Å²) in [5.41, 5.74) is 0.477. The predicted molar refractivity (Wildman–Crippen MR) is 70.2 cm³/mol.